The summed E-state index contributed by atoms with van der Waals surface area (Å²) in [5.41, 5.74) is 1.31. The summed E-state index contributed by atoms with van der Waals surface area (Å²) in [6.45, 7) is 0.416. The summed E-state index contributed by atoms with van der Waals surface area (Å²) in [5, 5.41) is 13.4. The maximum Gasteiger partial charge on any atom is 0.269 e. The molecule has 0 aliphatic rings. The predicted molar refractivity (Wildman–Crippen MR) is 66.8 cm³/mol. The molecule has 0 aromatic heterocycles. The molecule has 18 heavy (non-hydrogen) atoms. The van der Waals surface area contributed by atoms with E-state index in [1.54, 1.807) is 30.3 Å². The van der Waals surface area contributed by atoms with Crippen LogP contribution in [-0.2, 0) is 6.54 Å². The van der Waals surface area contributed by atoms with E-state index >= 15 is 0 Å². The zero-order valence-electron chi connectivity index (χ0n) is 9.47. The first-order valence-electron chi connectivity index (χ1n) is 5.38. The maximum absolute atomic E-state index is 13.3. The number of nitrogens with zero attached hydrogens (tertiary/aromatic N) is 1. The van der Waals surface area contributed by atoms with Crippen molar-refractivity contribution in [1.82, 2.24) is 0 Å². The minimum Gasteiger partial charge on any atom is -0.379 e. The second kappa shape index (κ2) is 5.27. The predicted octanol–water partition coefficient (Wildman–Crippen LogP) is 3.35. The number of halogens is 1. The summed E-state index contributed by atoms with van der Waals surface area (Å²) in [7, 11) is 0. The van der Waals surface area contributed by atoms with Gasteiger partial charge in [0.1, 0.15) is 5.82 Å². The number of nitro benzene ring substituents is 1. The van der Waals surface area contributed by atoms with Gasteiger partial charge in [0.2, 0.25) is 0 Å². The third kappa shape index (κ3) is 2.82. The van der Waals surface area contributed by atoms with Crippen molar-refractivity contribution in [2.24, 2.45) is 0 Å². The van der Waals surface area contributed by atoms with Gasteiger partial charge in [0.15, 0.2) is 0 Å². The molecule has 2 aromatic rings. The van der Waals surface area contributed by atoms with Crippen molar-refractivity contribution in [2.45, 2.75) is 6.54 Å². The molecule has 2 rings (SSSR count). The molecule has 0 amide bonds. The summed E-state index contributed by atoms with van der Waals surface area (Å²) in [6.07, 6.45) is 0. The van der Waals surface area contributed by atoms with Crippen molar-refractivity contribution in [3.63, 3.8) is 0 Å². The summed E-state index contributed by atoms with van der Waals surface area (Å²) in [5.74, 6) is -0.320. The van der Waals surface area contributed by atoms with Crippen LogP contribution < -0.4 is 5.32 Å². The van der Waals surface area contributed by atoms with E-state index in [0.29, 0.717) is 12.2 Å². The average molecular weight is 246 g/mol. The third-order valence-corrected chi connectivity index (χ3v) is 2.50. The van der Waals surface area contributed by atoms with Crippen LogP contribution in [0, 0.1) is 15.9 Å². The van der Waals surface area contributed by atoms with E-state index in [9.17, 15) is 14.5 Å². The maximum atomic E-state index is 13.3. The van der Waals surface area contributed by atoms with Crippen LogP contribution in [0.4, 0.5) is 15.8 Å². The fraction of sp³-hybridized carbons (Fsp3) is 0.0769. The van der Waals surface area contributed by atoms with Crippen LogP contribution in [0.25, 0.3) is 0 Å². The van der Waals surface area contributed by atoms with E-state index in [1.807, 2.05) is 0 Å². The molecule has 0 aliphatic carbocycles. The topological polar surface area (TPSA) is 55.2 Å². The highest BCUT2D eigenvalue weighted by Crippen LogP contribution is 2.16. The van der Waals surface area contributed by atoms with Crippen LogP contribution >= 0.6 is 0 Å². The highest BCUT2D eigenvalue weighted by molar-refractivity contribution is 5.45. The van der Waals surface area contributed by atoms with Gasteiger partial charge in [-0.25, -0.2) is 4.39 Å². The largest absolute Gasteiger partial charge is 0.379 e. The first-order valence-corrected chi connectivity index (χ1v) is 5.38. The number of para-hydroxylation sites is 1. The summed E-state index contributed by atoms with van der Waals surface area (Å²) in [6, 6.07) is 12.5. The van der Waals surface area contributed by atoms with E-state index in [2.05, 4.69) is 5.32 Å². The molecule has 5 heteroatoms. The molecule has 0 atom stereocenters. The van der Waals surface area contributed by atoms with Gasteiger partial charge in [0, 0.05) is 18.7 Å². The Bertz CT molecular complexity index is 555. The zero-order chi connectivity index (χ0) is 13.0. The number of rotatable bonds is 4. The molecular formula is C13H11FN2O2. The van der Waals surface area contributed by atoms with Gasteiger partial charge < -0.3 is 5.32 Å². The van der Waals surface area contributed by atoms with E-state index < -0.39 is 4.92 Å². The Morgan fingerprint density at radius 3 is 2.39 bits per heavy atom. The lowest BCUT2D eigenvalue weighted by molar-refractivity contribution is -0.384. The van der Waals surface area contributed by atoms with Crippen molar-refractivity contribution in [3.8, 4) is 0 Å². The quantitative estimate of drug-likeness (QED) is 0.664. The minimum absolute atomic E-state index is 0.0460. The van der Waals surface area contributed by atoms with Gasteiger partial charge in [0.05, 0.1) is 10.6 Å². The molecule has 2 aromatic carbocycles. The fourth-order valence-corrected chi connectivity index (χ4v) is 1.54. The number of nitrogens with one attached hydrogen (secondary N) is 1. The second-order valence-electron chi connectivity index (χ2n) is 3.76. The third-order valence-electron chi connectivity index (χ3n) is 2.50. The standard InChI is InChI=1S/C13H11FN2O2/c14-12-3-1-2-4-13(12)15-9-10-5-7-11(8-6-10)16(17)18/h1-8,15H,9H2. The molecule has 92 valence electrons. The van der Waals surface area contributed by atoms with Gasteiger partial charge in [-0.1, -0.05) is 24.3 Å². The molecule has 0 spiro atoms. The van der Waals surface area contributed by atoms with Crippen molar-refractivity contribution in [2.75, 3.05) is 5.32 Å². The SMILES string of the molecule is O=[N+]([O-])c1ccc(CNc2ccccc2F)cc1. The number of hydrogen-bond acceptors (Lipinski definition) is 3. The Morgan fingerprint density at radius 1 is 1.11 bits per heavy atom. The van der Waals surface area contributed by atoms with Gasteiger partial charge in [-0.15, -0.1) is 0 Å². The van der Waals surface area contributed by atoms with Crippen LogP contribution in [0.2, 0.25) is 0 Å². The molecule has 4 nitrogen and oxygen atoms in total. The molecular weight excluding hydrogens is 235 g/mol. The monoisotopic (exact) mass is 246 g/mol. The molecule has 0 radical (unpaired) electrons. The zero-order valence-corrected chi connectivity index (χ0v) is 9.47. The molecule has 0 fully saturated rings. The average Bonchev–Trinajstić information content (AvgIpc) is 2.38. The van der Waals surface area contributed by atoms with Crippen LogP contribution in [0.3, 0.4) is 0 Å². The molecule has 0 saturated carbocycles. The molecule has 0 heterocycles. The van der Waals surface area contributed by atoms with E-state index in [0.717, 1.165) is 5.56 Å². The van der Waals surface area contributed by atoms with E-state index in [-0.39, 0.29) is 11.5 Å². The highest BCUT2D eigenvalue weighted by Gasteiger charge is 2.04. The number of benzene rings is 2. The number of hydrogen-bond donors (Lipinski definition) is 1. The smallest absolute Gasteiger partial charge is 0.269 e. The van der Waals surface area contributed by atoms with Crippen molar-refractivity contribution in [3.05, 3.63) is 70.0 Å². The number of anilines is 1. The molecule has 0 unspecified atom stereocenters. The molecule has 0 bridgehead atoms. The second-order valence-corrected chi connectivity index (χ2v) is 3.76. The van der Waals surface area contributed by atoms with Gasteiger partial charge in [-0.05, 0) is 17.7 Å². The minimum atomic E-state index is -0.450. The Morgan fingerprint density at radius 2 is 1.78 bits per heavy atom. The van der Waals surface area contributed by atoms with Gasteiger partial charge in [-0.3, -0.25) is 10.1 Å². The summed E-state index contributed by atoms with van der Waals surface area (Å²) in [4.78, 5) is 10.0. The van der Waals surface area contributed by atoms with Gasteiger partial charge >= 0.3 is 0 Å². The number of nitro groups is 1. The van der Waals surface area contributed by atoms with Crippen molar-refractivity contribution >= 4 is 11.4 Å². The van der Waals surface area contributed by atoms with Crippen molar-refractivity contribution in [1.29, 1.82) is 0 Å². The van der Waals surface area contributed by atoms with Crippen molar-refractivity contribution < 1.29 is 9.31 Å². The van der Waals surface area contributed by atoms with Crippen LogP contribution in [-0.4, -0.2) is 4.92 Å². The lowest BCUT2D eigenvalue weighted by Crippen LogP contribution is -2.01. The Labute approximate surface area is 103 Å². The Balaban J connectivity index is 2.02. The lowest BCUT2D eigenvalue weighted by Gasteiger charge is -2.07. The fourth-order valence-electron chi connectivity index (χ4n) is 1.54. The first-order chi connectivity index (χ1) is 8.66. The molecule has 1 N–H and O–H groups in total. The van der Waals surface area contributed by atoms with Crippen LogP contribution in [0.5, 0.6) is 0 Å². The first kappa shape index (κ1) is 12.0. The van der Waals surface area contributed by atoms with Gasteiger partial charge in [0.25, 0.3) is 5.69 Å². The van der Waals surface area contributed by atoms with Gasteiger partial charge in [-0.2, -0.15) is 0 Å². The normalized spacial score (nSPS) is 10.1. The van der Waals surface area contributed by atoms with Crippen LogP contribution in [0.1, 0.15) is 5.56 Å². The van der Waals surface area contributed by atoms with Crippen LogP contribution in [0.15, 0.2) is 48.5 Å². The molecule has 0 saturated heterocycles. The Hall–Kier alpha value is -2.43. The summed E-state index contributed by atoms with van der Waals surface area (Å²) < 4.78 is 13.3. The molecule has 0 aliphatic heterocycles. The summed E-state index contributed by atoms with van der Waals surface area (Å²) >= 11 is 0. The number of non-ortho nitro benzene ring substituents is 1. The highest BCUT2D eigenvalue weighted by atomic mass is 19.1. The Kier molecular flexibility index (Phi) is 3.52. The van der Waals surface area contributed by atoms with E-state index in [1.165, 1.54) is 18.2 Å². The lowest BCUT2D eigenvalue weighted by atomic mass is 10.2. The van der Waals surface area contributed by atoms with E-state index in [4.69, 9.17) is 0 Å².